The second-order valence-corrected chi connectivity index (χ2v) is 7.76. The lowest BCUT2D eigenvalue weighted by Crippen LogP contribution is -2.15. The van der Waals surface area contributed by atoms with Crippen molar-refractivity contribution >= 4 is 34.1 Å². The van der Waals surface area contributed by atoms with Crippen molar-refractivity contribution in [3.63, 3.8) is 0 Å². The van der Waals surface area contributed by atoms with Crippen LogP contribution in [0, 0.1) is 16.4 Å². The first-order chi connectivity index (χ1) is 12.9. The largest absolute Gasteiger partial charge is 0.323 e. The number of benzene rings is 1. The Hall–Kier alpha value is -2.13. The van der Waals surface area contributed by atoms with E-state index in [1.165, 1.54) is 29.2 Å². The Morgan fingerprint density at radius 1 is 1.41 bits per heavy atom. The van der Waals surface area contributed by atoms with Gasteiger partial charge in [0.25, 0.3) is 0 Å². The van der Waals surface area contributed by atoms with Crippen molar-refractivity contribution in [3.8, 4) is 0 Å². The third-order valence-corrected chi connectivity index (χ3v) is 6.13. The van der Waals surface area contributed by atoms with E-state index in [1.807, 2.05) is 4.57 Å². The van der Waals surface area contributed by atoms with Crippen LogP contribution >= 0.6 is 28.1 Å². The van der Waals surface area contributed by atoms with Gasteiger partial charge in [0.15, 0.2) is 4.77 Å². The second-order valence-electron chi connectivity index (χ2n) is 6.54. The number of halogens is 3. The molecule has 9 heteroatoms. The first-order valence-corrected chi connectivity index (χ1v) is 9.50. The topological polar surface area (TPSA) is 44.8 Å². The van der Waals surface area contributed by atoms with Crippen LogP contribution in [0.15, 0.2) is 35.3 Å². The lowest BCUT2D eigenvalue weighted by Gasteiger charge is -2.14. The highest BCUT2D eigenvalue weighted by Crippen LogP contribution is 2.37. The predicted octanol–water partition coefficient (Wildman–Crippen LogP) is 4.02. The van der Waals surface area contributed by atoms with E-state index in [-0.39, 0.29) is 28.3 Å². The molecule has 27 heavy (non-hydrogen) atoms. The predicted molar refractivity (Wildman–Crippen MR) is 101 cm³/mol. The molecule has 0 spiro atoms. The Morgan fingerprint density at radius 3 is 2.89 bits per heavy atom. The molecule has 3 heterocycles. The first kappa shape index (κ1) is 18.2. The van der Waals surface area contributed by atoms with Gasteiger partial charge in [-0.3, -0.25) is 9.36 Å². The number of rotatable bonds is 3. The Balaban J connectivity index is 1.70. The average Bonchev–Trinajstić information content (AvgIpc) is 3.35. The van der Waals surface area contributed by atoms with E-state index in [0.29, 0.717) is 17.7 Å². The van der Waals surface area contributed by atoms with Crippen LogP contribution in [0.1, 0.15) is 27.7 Å². The van der Waals surface area contributed by atoms with Crippen molar-refractivity contribution in [2.24, 2.45) is 7.05 Å². The Bertz CT molecular complexity index is 1100. The molecule has 1 atom stereocenters. The molecule has 140 valence electrons. The van der Waals surface area contributed by atoms with Crippen LogP contribution in [-0.4, -0.2) is 24.6 Å². The van der Waals surface area contributed by atoms with Gasteiger partial charge in [-0.05, 0) is 46.7 Å². The van der Waals surface area contributed by atoms with E-state index < -0.39 is 11.6 Å². The van der Waals surface area contributed by atoms with Crippen LogP contribution in [-0.2, 0) is 26.4 Å². The molecule has 0 saturated carbocycles. The first-order valence-electron chi connectivity index (χ1n) is 8.30. The summed E-state index contributed by atoms with van der Waals surface area (Å²) in [4.78, 5) is 16.4. The lowest BCUT2D eigenvalue weighted by molar-refractivity contribution is 0.0911. The van der Waals surface area contributed by atoms with Gasteiger partial charge in [-0.15, -0.1) is 0 Å². The summed E-state index contributed by atoms with van der Waals surface area (Å²) >= 11 is 8.61. The van der Waals surface area contributed by atoms with Crippen LogP contribution in [0.5, 0.6) is 0 Å². The van der Waals surface area contributed by atoms with Gasteiger partial charge in [0.05, 0.1) is 10.9 Å². The van der Waals surface area contributed by atoms with Crippen molar-refractivity contribution in [2.45, 2.75) is 25.3 Å². The monoisotopic (exact) mass is 452 g/mol. The molecule has 3 aromatic rings. The number of hydrogen-bond acceptors (Lipinski definition) is 3. The molecule has 1 aliphatic rings. The number of imidazole rings is 2. The molecule has 0 aliphatic carbocycles. The fourth-order valence-corrected chi connectivity index (χ4v) is 4.31. The zero-order valence-electron chi connectivity index (χ0n) is 14.3. The number of hydrogen-bond donors (Lipinski definition) is 0. The highest BCUT2D eigenvalue weighted by molar-refractivity contribution is 9.10. The van der Waals surface area contributed by atoms with Crippen LogP contribution in [0.25, 0.3) is 0 Å². The number of carbonyl (C=O) groups is 1. The zero-order valence-corrected chi connectivity index (χ0v) is 16.7. The van der Waals surface area contributed by atoms with E-state index in [9.17, 15) is 13.6 Å². The third kappa shape index (κ3) is 2.98. The Morgan fingerprint density at radius 2 is 2.19 bits per heavy atom. The molecule has 5 nitrogen and oxygen atoms in total. The molecular weight excluding hydrogens is 438 g/mol. The molecule has 0 unspecified atom stereocenters. The quantitative estimate of drug-likeness (QED) is 0.445. The summed E-state index contributed by atoms with van der Waals surface area (Å²) in [5.74, 6) is -1.67. The third-order valence-electron chi connectivity index (χ3n) is 5.02. The lowest BCUT2D eigenvalue weighted by atomic mass is 9.95. The number of carbonyl (C=O) groups excluding carboxylic acids is 1. The molecule has 0 saturated heterocycles. The highest BCUT2D eigenvalue weighted by atomic mass is 79.9. The number of fused-ring (bicyclic) bond motifs is 1. The maximum atomic E-state index is 14.5. The average molecular weight is 453 g/mol. The van der Waals surface area contributed by atoms with E-state index in [0.717, 1.165) is 11.4 Å². The Kier molecular flexibility index (Phi) is 4.59. The van der Waals surface area contributed by atoms with Gasteiger partial charge in [-0.1, -0.05) is 0 Å². The molecular formula is C18H15BrF2N4OS. The van der Waals surface area contributed by atoms with Gasteiger partial charge in [0.1, 0.15) is 18.0 Å². The van der Waals surface area contributed by atoms with Gasteiger partial charge in [0.2, 0.25) is 5.91 Å². The zero-order chi connectivity index (χ0) is 19.3. The minimum atomic E-state index is -0.586. The van der Waals surface area contributed by atoms with Gasteiger partial charge in [0, 0.05) is 48.9 Å². The molecule has 0 fully saturated rings. The van der Waals surface area contributed by atoms with Gasteiger partial charge in [-0.2, -0.15) is 0 Å². The van der Waals surface area contributed by atoms with Crippen LogP contribution in [0.2, 0.25) is 0 Å². The van der Waals surface area contributed by atoms with E-state index in [4.69, 9.17) is 12.2 Å². The number of nitrogens with zero attached hydrogens (tertiary/aromatic N) is 4. The van der Waals surface area contributed by atoms with Crippen LogP contribution in [0.3, 0.4) is 0 Å². The van der Waals surface area contributed by atoms with Crippen molar-refractivity contribution in [1.82, 2.24) is 18.7 Å². The fourth-order valence-electron chi connectivity index (χ4n) is 3.67. The van der Waals surface area contributed by atoms with Gasteiger partial charge >= 0.3 is 0 Å². The molecule has 0 N–H and O–H groups in total. The smallest absolute Gasteiger partial charge is 0.237 e. The van der Waals surface area contributed by atoms with Crippen molar-refractivity contribution in [3.05, 3.63) is 68.7 Å². The molecule has 4 rings (SSSR count). The van der Waals surface area contributed by atoms with Crippen molar-refractivity contribution in [1.29, 1.82) is 0 Å². The second kappa shape index (κ2) is 6.79. The molecule has 2 aromatic heterocycles. The fraction of sp³-hybridized carbons (Fsp3) is 0.278. The summed E-state index contributed by atoms with van der Waals surface area (Å²) in [5.41, 5.74) is 1.66. The SMILES string of the molecule is Cn1c(CC(=O)n2ccnc2)c2n(c1=S)C[C@H](c1c(F)ccc(Br)c1F)C2. The van der Waals surface area contributed by atoms with E-state index in [2.05, 4.69) is 20.9 Å². The standard InChI is InChI=1S/C18H15BrF2N4OS/c1-23-13(7-15(26)24-5-4-22-9-24)14-6-10(8-25(14)18(23)27)16-12(20)3-2-11(19)17(16)21/h2-5,9-10H,6-8H2,1H3/t10-/m1/s1. The summed E-state index contributed by atoms with van der Waals surface area (Å²) in [6.45, 7) is 0.381. The normalized spacial score (nSPS) is 15.9. The van der Waals surface area contributed by atoms with Gasteiger partial charge < -0.3 is 9.13 Å². The summed E-state index contributed by atoms with van der Waals surface area (Å²) in [6, 6.07) is 2.62. The highest BCUT2D eigenvalue weighted by Gasteiger charge is 2.33. The number of aromatic nitrogens is 4. The van der Waals surface area contributed by atoms with E-state index in [1.54, 1.807) is 17.8 Å². The van der Waals surface area contributed by atoms with Crippen molar-refractivity contribution < 1.29 is 13.6 Å². The Labute approximate surface area is 167 Å². The summed E-state index contributed by atoms with van der Waals surface area (Å²) in [5, 5.41) is 0. The van der Waals surface area contributed by atoms with Crippen molar-refractivity contribution in [2.75, 3.05) is 0 Å². The molecule has 0 amide bonds. The summed E-state index contributed by atoms with van der Waals surface area (Å²) < 4.78 is 34.7. The molecule has 0 bridgehead atoms. The molecule has 1 aliphatic heterocycles. The van der Waals surface area contributed by atoms with Gasteiger partial charge in [-0.25, -0.2) is 13.8 Å². The summed E-state index contributed by atoms with van der Waals surface area (Å²) in [7, 11) is 1.81. The minimum Gasteiger partial charge on any atom is -0.323 e. The minimum absolute atomic E-state index is 0.0528. The van der Waals surface area contributed by atoms with Crippen LogP contribution < -0.4 is 0 Å². The molecule has 0 radical (unpaired) electrons. The maximum Gasteiger partial charge on any atom is 0.237 e. The maximum absolute atomic E-state index is 14.5. The van der Waals surface area contributed by atoms with E-state index >= 15 is 0 Å². The molecule has 1 aromatic carbocycles. The van der Waals surface area contributed by atoms with Crippen LogP contribution in [0.4, 0.5) is 8.78 Å². The summed E-state index contributed by atoms with van der Waals surface area (Å²) in [6.07, 6.45) is 5.12.